The summed E-state index contributed by atoms with van der Waals surface area (Å²) >= 11 is 0. The molecule has 0 aliphatic carbocycles. The Hall–Kier alpha value is -2.55. The normalized spacial score (nSPS) is 11.8. The number of nitrogens with two attached hydrogens (primary N) is 1. The Kier molecular flexibility index (Phi) is 3.15. The lowest BCUT2D eigenvalue weighted by molar-refractivity contribution is 0.453. The van der Waals surface area contributed by atoms with E-state index in [1.54, 1.807) is 12.3 Å². The summed E-state index contributed by atoms with van der Waals surface area (Å²) in [4.78, 5) is 8.22. The van der Waals surface area contributed by atoms with Crippen LogP contribution in [0.5, 0.6) is 0 Å². The molecule has 92 valence electrons. The molecule has 2 aromatic rings. The zero-order valence-corrected chi connectivity index (χ0v) is 10.1. The second-order valence-electron chi connectivity index (χ2n) is 3.95. The molecule has 3 N–H and O–H groups in total. The van der Waals surface area contributed by atoms with Gasteiger partial charge in [0.2, 0.25) is 5.89 Å². The first-order valence-corrected chi connectivity index (χ1v) is 5.44. The fraction of sp³-hybridized carbons (Fsp3) is 0.250. The Morgan fingerprint density at radius 2 is 2.22 bits per heavy atom. The first kappa shape index (κ1) is 11.9. The van der Waals surface area contributed by atoms with Crippen molar-refractivity contribution in [2.24, 2.45) is 0 Å². The fourth-order valence-electron chi connectivity index (χ4n) is 1.50. The number of anilines is 2. The highest BCUT2D eigenvalue weighted by atomic mass is 16.4. The molecule has 2 heterocycles. The molecule has 0 saturated heterocycles. The third-order valence-electron chi connectivity index (χ3n) is 2.41. The number of hydrogen-bond acceptors (Lipinski definition) is 6. The molecule has 1 unspecified atom stereocenters. The average Bonchev–Trinajstić information content (AvgIpc) is 2.78. The average molecular weight is 243 g/mol. The summed E-state index contributed by atoms with van der Waals surface area (Å²) in [5.41, 5.74) is 6.65. The van der Waals surface area contributed by atoms with Gasteiger partial charge in [-0.05, 0) is 19.9 Å². The summed E-state index contributed by atoms with van der Waals surface area (Å²) < 4.78 is 5.41. The molecule has 6 nitrogen and oxygen atoms in total. The highest BCUT2D eigenvalue weighted by Gasteiger charge is 2.13. The van der Waals surface area contributed by atoms with Crippen LogP contribution in [0.3, 0.4) is 0 Å². The van der Waals surface area contributed by atoms with Crippen LogP contribution >= 0.6 is 0 Å². The second kappa shape index (κ2) is 4.75. The molecule has 2 rings (SSSR count). The summed E-state index contributed by atoms with van der Waals surface area (Å²) in [7, 11) is 0. The molecule has 0 saturated carbocycles. The van der Waals surface area contributed by atoms with Crippen LogP contribution in [0.2, 0.25) is 0 Å². The van der Waals surface area contributed by atoms with Gasteiger partial charge < -0.3 is 15.5 Å². The Balaban J connectivity index is 2.17. The third-order valence-corrected chi connectivity index (χ3v) is 2.41. The van der Waals surface area contributed by atoms with E-state index in [0.717, 1.165) is 5.76 Å². The van der Waals surface area contributed by atoms with Crippen molar-refractivity contribution >= 4 is 11.5 Å². The van der Waals surface area contributed by atoms with E-state index < -0.39 is 0 Å². The number of nitriles is 1. The summed E-state index contributed by atoms with van der Waals surface area (Å²) in [6.45, 7) is 3.72. The SMILES string of the molecule is Cc1cnc(C(C)Nc2ncc(C#N)cc2N)o1. The number of nitrogens with zero attached hydrogens (tertiary/aromatic N) is 3. The molecule has 0 fully saturated rings. The topological polar surface area (TPSA) is 101 Å². The van der Waals surface area contributed by atoms with Crippen LogP contribution in [0, 0.1) is 18.3 Å². The molecule has 2 aromatic heterocycles. The van der Waals surface area contributed by atoms with E-state index in [0.29, 0.717) is 23.0 Å². The molecule has 0 aliphatic rings. The van der Waals surface area contributed by atoms with Crippen molar-refractivity contribution in [2.75, 3.05) is 11.1 Å². The van der Waals surface area contributed by atoms with Crippen LogP contribution in [-0.4, -0.2) is 9.97 Å². The standard InChI is InChI=1S/C12H13N5O/c1-7-5-16-12(18-7)8(2)17-11-10(14)3-9(4-13)6-15-11/h3,5-6,8H,14H2,1-2H3,(H,15,17). The van der Waals surface area contributed by atoms with Crippen molar-refractivity contribution in [3.05, 3.63) is 35.7 Å². The van der Waals surface area contributed by atoms with Crippen molar-refractivity contribution in [2.45, 2.75) is 19.9 Å². The summed E-state index contributed by atoms with van der Waals surface area (Å²) in [6, 6.07) is 3.40. The van der Waals surface area contributed by atoms with Gasteiger partial charge in [0.05, 0.1) is 17.4 Å². The van der Waals surface area contributed by atoms with Crippen LogP contribution < -0.4 is 11.1 Å². The number of aromatic nitrogens is 2. The lowest BCUT2D eigenvalue weighted by atomic mass is 10.2. The van der Waals surface area contributed by atoms with Crippen molar-refractivity contribution < 1.29 is 4.42 Å². The van der Waals surface area contributed by atoms with E-state index in [4.69, 9.17) is 15.4 Å². The van der Waals surface area contributed by atoms with Crippen molar-refractivity contribution in [3.63, 3.8) is 0 Å². The lowest BCUT2D eigenvalue weighted by Crippen LogP contribution is -2.10. The highest BCUT2D eigenvalue weighted by molar-refractivity contribution is 5.63. The molecule has 0 aromatic carbocycles. The first-order chi connectivity index (χ1) is 8.60. The quantitative estimate of drug-likeness (QED) is 0.855. The van der Waals surface area contributed by atoms with Crippen LogP contribution in [0.4, 0.5) is 11.5 Å². The van der Waals surface area contributed by atoms with Gasteiger partial charge in [0, 0.05) is 6.20 Å². The van der Waals surface area contributed by atoms with E-state index in [-0.39, 0.29) is 6.04 Å². The lowest BCUT2D eigenvalue weighted by Gasteiger charge is -2.12. The minimum Gasteiger partial charge on any atom is -0.444 e. The zero-order chi connectivity index (χ0) is 13.1. The number of hydrogen-bond donors (Lipinski definition) is 2. The zero-order valence-electron chi connectivity index (χ0n) is 10.1. The van der Waals surface area contributed by atoms with Crippen molar-refractivity contribution in [3.8, 4) is 6.07 Å². The van der Waals surface area contributed by atoms with Crippen molar-refractivity contribution in [1.29, 1.82) is 5.26 Å². The molecule has 18 heavy (non-hydrogen) atoms. The van der Waals surface area contributed by atoms with E-state index >= 15 is 0 Å². The largest absolute Gasteiger partial charge is 0.444 e. The maximum atomic E-state index is 8.72. The van der Waals surface area contributed by atoms with Crippen LogP contribution in [-0.2, 0) is 0 Å². The van der Waals surface area contributed by atoms with Gasteiger partial charge in [-0.25, -0.2) is 9.97 Å². The molecule has 1 atom stereocenters. The van der Waals surface area contributed by atoms with E-state index in [1.165, 1.54) is 6.20 Å². The number of aryl methyl sites for hydroxylation is 1. The summed E-state index contributed by atoms with van der Waals surface area (Å²) in [6.07, 6.45) is 3.12. The highest BCUT2D eigenvalue weighted by Crippen LogP contribution is 2.22. The van der Waals surface area contributed by atoms with Gasteiger partial charge in [0.25, 0.3) is 0 Å². The van der Waals surface area contributed by atoms with Gasteiger partial charge in [-0.15, -0.1) is 0 Å². The Morgan fingerprint density at radius 3 is 2.78 bits per heavy atom. The molecule has 0 radical (unpaired) electrons. The van der Waals surface area contributed by atoms with E-state index in [1.807, 2.05) is 19.9 Å². The second-order valence-corrected chi connectivity index (χ2v) is 3.95. The smallest absolute Gasteiger partial charge is 0.216 e. The Morgan fingerprint density at radius 1 is 1.44 bits per heavy atom. The van der Waals surface area contributed by atoms with Crippen LogP contribution in [0.25, 0.3) is 0 Å². The molecule has 0 aliphatic heterocycles. The predicted molar refractivity (Wildman–Crippen MR) is 66.6 cm³/mol. The molecule has 6 heteroatoms. The molecular formula is C12H13N5O. The molecule has 0 spiro atoms. The number of nitrogen functional groups attached to an aromatic ring is 1. The predicted octanol–water partition coefficient (Wildman–Crippen LogP) is 2.00. The van der Waals surface area contributed by atoms with Gasteiger partial charge in [0.15, 0.2) is 0 Å². The number of pyridine rings is 1. The van der Waals surface area contributed by atoms with Crippen LogP contribution in [0.15, 0.2) is 22.9 Å². The fourth-order valence-corrected chi connectivity index (χ4v) is 1.50. The minimum absolute atomic E-state index is 0.151. The Labute approximate surface area is 104 Å². The monoisotopic (exact) mass is 243 g/mol. The van der Waals surface area contributed by atoms with E-state index in [9.17, 15) is 0 Å². The van der Waals surface area contributed by atoms with Gasteiger partial charge in [-0.2, -0.15) is 5.26 Å². The summed E-state index contributed by atoms with van der Waals surface area (Å²) in [5, 5.41) is 11.8. The van der Waals surface area contributed by atoms with Gasteiger partial charge in [-0.1, -0.05) is 0 Å². The van der Waals surface area contributed by atoms with Crippen molar-refractivity contribution in [1.82, 2.24) is 9.97 Å². The maximum absolute atomic E-state index is 8.72. The third kappa shape index (κ3) is 2.40. The van der Waals surface area contributed by atoms with Crippen LogP contribution in [0.1, 0.15) is 30.2 Å². The number of rotatable bonds is 3. The number of nitrogens with one attached hydrogen (secondary N) is 1. The maximum Gasteiger partial charge on any atom is 0.216 e. The Bertz CT molecular complexity index is 599. The van der Waals surface area contributed by atoms with E-state index in [2.05, 4.69) is 15.3 Å². The minimum atomic E-state index is -0.151. The van der Waals surface area contributed by atoms with Gasteiger partial charge in [0.1, 0.15) is 23.7 Å². The first-order valence-electron chi connectivity index (χ1n) is 5.44. The molecule has 0 amide bonds. The van der Waals surface area contributed by atoms with Gasteiger partial charge in [-0.3, -0.25) is 0 Å². The summed E-state index contributed by atoms with van der Waals surface area (Å²) in [5.74, 6) is 1.83. The van der Waals surface area contributed by atoms with Gasteiger partial charge >= 0.3 is 0 Å². The molecular weight excluding hydrogens is 230 g/mol. The number of oxazole rings is 1. The molecule has 0 bridgehead atoms.